The van der Waals surface area contributed by atoms with Gasteiger partial charge in [0.05, 0.1) is 5.54 Å². The Bertz CT molecular complexity index is 764. The number of ketones is 1. The third-order valence-electron chi connectivity index (χ3n) is 5.02. The standard InChI is InChI=1S/C20H21NO2/c1-14(22)13-20(15-9-5-4-6-10-15)19(2,3)17-12-8-7-11-16(17)18(23)21-20/h4-12H,13H2,1-3H3,(H,21,23). The van der Waals surface area contributed by atoms with E-state index in [-0.39, 0.29) is 18.1 Å². The molecule has 0 saturated carbocycles. The number of hydrogen-bond donors (Lipinski definition) is 1. The molecule has 2 aromatic rings. The van der Waals surface area contributed by atoms with Gasteiger partial charge in [-0.15, -0.1) is 0 Å². The summed E-state index contributed by atoms with van der Waals surface area (Å²) in [4.78, 5) is 24.8. The van der Waals surface area contributed by atoms with Gasteiger partial charge >= 0.3 is 0 Å². The van der Waals surface area contributed by atoms with Crippen molar-refractivity contribution in [2.24, 2.45) is 0 Å². The highest BCUT2D eigenvalue weighted by Crippen LogP contribution is 2.48. The highest BCUT2D eigenvalue weighted by Gasteiger charge is 2.53. The zero-order chi connectivity index (χ0) is 16.7. The SMILES string of the molecule is CC(=O)CC1(c2ccccc2)NC(=O)c2ccccc2C1(C)C. The number of Topliss-reactive ketones (excluding diaryl/α,β-unsaturated/α-hetero) is 1. The number of benzene rings is 2. The van der Waals surface area contributed by atoms with E-state index >= 15 is 0 Å². The molecule has 0 spiro atoms. The lowest BCUT2D eigenvalue weighted by atomic mass is 9.59. The zero-order valence-electron chi connectivity index (χ0n) is 13.7. The smallest absolute Gasteiger partial charge is 0.252 e. The van der Waals surface area contributed by atoms with E-state index in [1.807, 2.05) is 54.6 Å². The van der Waals surface area contributed by atoms with Crippen molar-refractivity contribution in [2.45, 2.75) is 38.1 Å². The molecular formula is C20H21NO2. The number of rotatable bonds is 3. The summed E-state index contributed by atoms with van der Waals surface area (Å²) in [7, 11) is 0. The fraction of sp³-hybridized carbons (Fsp3) is 0.300. The number of carbonyl (C=O) groups is 2. The molecule has 1 amide bonds. The molecule has 1 atom stereocenters. The molecule has 1 N–H and O–H groups in total. The van der Waals surface area contributed by atoms with Crippen LogP contribution < -0.4 is 5.32 Å². The first kappa shape index (κ1) is 15.5. The first-order chi connectivity index (χ1) is 10.9. The summed E-state index contributed by atoms with van der Waals surface area (Å²) in [6.07, 6.45) is 0.268. The molecular weight excluding hydrogens is 286 g/mol. The van der Waals surface area contributed by atoms with Gasteiger partial charge in [-0.1, -0.05) is 62.4 Å². The molecule has 3 rings (SSSR count). The molecule has 3 heteroatoms. The van der Waals surface area contributed by atoms with Crippen LogP contribution in [0.4, 0.5) is 0 Å². The Labute approximate surface area is 136 Å². The molecule has 1 heterocycles. The average Bonchev–Trinajstić information content (AvgIpc) is 2.53. The molecule has 0 bridgehead atoms. The Hall–Kier alpha value is -2.42. The first-order valence-corrected chi connectivity index (χ1v) is 7.85. The lowest BCUT2D eigenvalue weighted by Crippen LogP contribution is -2.62. The zero-order valence-corrected chi connectivity index (χ0v) is 13.7. The van der Waals surface area contributed by atoms with E-state index < -0.39 is 11.0 Å². The maximum absolute atomic E-state index is 12.7. The van der Waals surface area contributed by atoms with E-state index in [1.165, 1.54) is 0 Å². The Morgan fingerprint density at radius 1 is 1.00 bits per heavy atom. The average molecular weight is 307 g/mol. The van der Waals surface area contributed by atoms with Crippen molar-refractivity contribution in [2.75, 3.05) is 0 Å². The Balaban J connectivity index is 2.29. The van der Waals surface area contributed by atoms with Crippen molar-refractivity contribution in [1.29, 1.82) is 0 Å². The summed E-state index contributed by atoms with van der Waals surface area (Å²) < 4.78 is 0. The van der Waals surface area contributed by atoms with Crippen LogP contribution in [0.3, 0.4) is 0 Å². The number of nitrogens with one attached hydrogen (secondary N) is 1. The summed E-state index contributed by atoms with van der Waals surface area (Å²) in [5.41, 5.74) is 1.47. The molecule has 1 aliphatic heterocycles. The minimum absolute atomic E-state index is 0.0570. The minimum Gasteiger partial charge on any atom is -0.341 e. The summed E-state index contributed by atoms with van der Waals surface area (Å²) in [5, 5.41) is 3.16. The lowest BCUT2D eigenvalue weighted by Gasteiger charge is -2.51. The van der Waals surface area contributed by atoms with Crippen LogP contribution in [0, 0.1) is 0 Å². The first-order valence-electron chi connectivity index (χ1n) is 7.85. The molecule has 0 saturated heterocycles. The van der Waals surface area contributed by atoms with Crippen molar-refractivity contribution in [3.8, 4) is 0 Å². The van der Waals surface area contributed by atoms with Gasteiger partial charge in [0.2, 0.25) is 0 Å². The second kappa shape index (κ2) is 5.34. The van der Waals surface area contributed by atoms with Crippen LogP contribution in [0.1, 0.15) is 48.7 Å². The van der Waals surface area contributed by atoms with Gasteiger partial charge in [0.15, 0.2) is 0 Å². The van der Waals surface area contributed by atoms with Crippen molar-refractivity contribution in [1.82, 2.24) is 5.32 Å². The van der Waals surface area contributed by atoms with Gasteiger partial charge in [-0.25, -0.2) is 0 Å². The maximum Gasteiger partial charge on any atom is 0.252 e. The van der Waals surface area contributed by atoms with Crippen molar-refractivity contribution in [3.63, 3.8) is 0 Å². The molecule has 3 nitrogen and oxygen atoms in total. The molecule has 0 aliphatic carbocycles. The van der Waals surface area contributed by atoms with Gasteiger partial charge in [0.25, 0.3) is 5.91 Å². The van der Waals surface area contributed by atoms with Crippen molar-refractivity contribution < 1.29 is 9.59 Å². The van der Waals surface area contributed by atoms with E-state index in [0.717, 1.165) is 11.1 Å². The molecule has 0 aromatic heterocycles. The van der Waals surface area contributed by atoms with Gasteiger partial charge in [0.1, 0.15) is 5.78 Å². The van der Waals surface area contributed by atoms with Crippen molar-refractivity contribution >= 4 is 11.7 Å². The van der Waals surface area contributed by atoms with E-state index in [4.69, 9.17) is 0 Å². The molecule has 2 aromatic carbocycles. The van der Waals surface area contributed by atoms with Gasteiger partial charge in [0, 0.05) is 17.4 Å². The minimum atomic E-state index is -0.745. The fourth-order valence-electron chi connectivity index (χ4n) is 3.77. The van der Waals surface area contributed by atoms with Crippen LogP contribution in [-0.4, -0.2) is 11.7 Å². The van der Waals surface area contributed by atoms with E-state index in [0.29, 0.717) is 5.56 Å². The third-order valence-corrected chi connectivity index (χ3v) is 5.02. The fourth-order valence-corrected chi connectivity index (χ4v) is 3.77. The maximum atomic E-state index is 12.7. The highest BCUT2D eigenvalue weighted by molar-refractivity contribution is 5.99. The van der Waals surface area contributed by atoms with Crippen LogP contribution in [0.15, 0.2) is 54.6 Å². The van der Waals surface area contributed by atoms with Crippen molar-refractivity contribution in [3.05, 3.63) is 71.3 Å². The van der Waals surface area contributed by atoms with Crippen LogP contribution in [0.2, 0.25) is 0 Å². The predicted molar refractivity (Wildman–Crippen MR) is 90.4 cm³/mol. The molecule has 1 aliphatic rings. The van der Waals surface area contributed by atoms with Crippen LogP contribution in [0.25, 0.3) is 0 Å². The van der Waals surface area contributed by atoms with E-state index in [2.05, 4.69) is 19.2 Å². The Morgan fingerprint density at radius 3 is 2.26 bits per heavy atom. The molecule has 1 unspecified atom stereocenters. The monoisotopic (exact) mass is 307 g/mol. The van der Waals surface area contributed by atoms with Gasteiger partial charge in [-0.3, -0.25) is 9.59 Å². The second-order valence-corrected chi connectivity index (χ2v) is 6.77. The van der Waals surface area contributed by atoms with Gasteiger partial charge in [-0.05, 0) is 24.1 Å². The van der Waals surface area contributed by atoms with E-state index in [9.17, 15) is 9.59 Å². The van der Waals surface area contributed by atoms with Crippen LogP contribution in [-0.2, 0) is 15.7 Å². The van der Waals surface area contributed by atoms with Gasteiger partial charge < -0.3 is 5.32 Å². The molecule has 118 valence electrons. The van der Waals surface area contributed by atoms with Crippen LogP contribution >= 0.6 is 0 Å². The van der Waals surface area contributed by atoms with E-state index in [1.54, 1.807) is 6.92 Å². The van der Waals surface area contributed by atoms with Gasteiger partial charge in [-0.2, -0.15) is 0 Å². The predicted octanol–water partition coefficient (Wildman–Crippen LogP) is 3.58. The quantitative estimate of drug-likeness (QED) is 0.942. The summed E-state index contributed by atoms with van der Waals surface area (Å²) in [5.74, 6) is -0.0633. The Kier molecular flexibility index (Phi) is 3.59. The van der Waals surface area contributed by atoms with Crippen LogP contribution in [0.5, 0.6) is 0 Å². The normalized spacial score (nSPS) is 22.1. The topological polar surface area (TPSA) is 46.2 Å². The molecule has 0 fully saturated rings. The lowest BCUT2D eigenvalue weighted by molar-refractivity contribution is -0.119. The second-order valence-electron chi connectivity index (χ2n) is 6.77. The molecule has 23 heavy (non-hydrogen) atoms. The summed E-state index contributed by atoms with van der Waals surface area (Å²) in [6.45, 7) is 5.77. The summed E-state index contributed by atoms with van der Waals surface area (Å²) >= 11 is 0. The largest absolute Gasteiger partial charge is 0.341 e. The Morgan fingerprint density at radius 2 is 1.61 bits per heavy atom. The number of hydrogen-bond acceptors (Lipinski definition) is 2. The highest BCUT2D eigenvalue weighted by atomic mass is 16.2. The number of carbonyl (C=O) groups excluding carboxylic acids is 2. The summed E-state index contributed by atoms with van der Waals surface area (Å²) in [6, 6.07) is 17.5. The molecule has 0 radical (unpaired) electrons. The number of amides is 1. The third kappa shape index (κ3) is 2.27. The number of fused-ring (bicyclic) bond motifs is 1.